The molecule has 0 spiro atoms. The lowest BCUT2D eigenvalue weighted by atomic mass is 9.76. The molecule has 8 nitrogen and oxygen atoms in total. The zero-order valence-electron chi connectivity index (χ0n) is 17.7. The number of ether oxygens (including phenoxy) is 1. The Morgan fingerprint density at radius 2 is 1.62 bits per heavy atom. The Balaban J connectivity index is 1.42. The van der Waals surface area contributed by atoms with Crippen LogP contribution in [0.15, 0.2) is 48.5 Å². The maximum absolute atomic E-state index is 12.7. The fourth-order valence-electron chi connectivity index (χ4n) is 4.44. The molecule has 0 unspecified atom stereocenters. The zero-order valence-corrected chi connectivity index (χ0v) is 17.7. The largest absolute Gasteiger partial charge is 0.480 e. The number of carboxylic acid groups (broad SMARTS) is 1. The summed E-state index contributed by atoms with van der Waals surface area (Å²) in [5.41, 5.74) is 3.16. The molecule has 0 aliphatic heterocycles. The highest BCUT2D eigenvalue weighted by Gasteiger charge is 2.47. The van der Waals surface area contributed by atoms with Gasteiger partial charge < -0.3 is 25.6 Å². The molecule has 0 saturated heterocycles. The molecule has 1 saturated carbocycles. The predicted octanol–water partition coefficient (Wildman–Crippen LogP) is 2.40. The van der Waals surface area contributed by atoms with Gasteiger partial charge in [0, 0.05) is 5.92 Å². The molecule has 2 atom stereocenters. The van der Waals surface area contributed by atoms with E-state index in [1.165, 1.54) is 6.92 Å². The minimum atomic E-state index is -1.45. The number of amides is 2. The maximum atomic E-state index is 12.7. The Bertz CT molecular complexity index is 1000. The predicted molar refractivity (Wildman–Crippen MR) is 116 cm³/mol. The number of hydrogen-bond acceptors (Lipinski definition) is 5. The number of hydrogen-bond donors (Lipinski definition) is 4. The van der Waals surface area contributed by atoms with Crippen LogP contribution in [0.4, 0.5) is 4.79 Å². The van der Waals surface area contributed by atoms with Crippen LogP contribution in [0.2, 0.25) is 0 Å². The van der Waals surface area contributed by atoms with Crippen molar-refractivity contribution < 1.29 is 29.3 Å². The van der Waals surface area contributed by atoms with Gasteiger partial charge in [-0.1, -0.05) is 48.5 Å². The Morgan fingerprint density at radius 3 is 2.09 bits per heavy atom. The molecule has 2 aliphatic rings. The van der Waals surface area contributed by atoms with E-state index < -0.39 is 35.7 Å². The summed E-state index contributed by atoms with van der Waals surface area (Å²) in [6.45, 7) is 1.40. The highest BCUT2D eigenvalue weighted by Crippen LogP contribution is 2.44. The van der Waals surface area contributed by atoms with Crippen molar-refractivity contribution in [3.63, 3.8) is 0 Å². The second kappa shape index (κ2) is 8.63. The highest BCUT2D eigenvalue weighted by atomic mass is 16.5. The van der Waals surface area contributed by atoms with Gasteiger partial charge in [-0.25, -0.2) is 9.59 Å². The van der Waals surface area contributed by atoms with E-state index in [1.54, 1.807) is 0 Å². The molecule has 168 valence electrons. The molecular weight excluding hydrogens is 412 g/mol. The third kappa shape index (κ3) is 3.93. The number of fused-ring (bicyclic) bond motifs is 3. The van der Waals surface area contributed by atoms with Crippen molar-refractivity contribution >= 4 is 18.0 Å². The van der Waals surface area contributed by atoms with Gasteiger partial charge in [-0.3, -0.25) is 4.79 Å². The summed E-state index contributed by atoms with van der Waals surface area (Å²) in [5, 5.41) is 23.8. The van der Waals surface area contributed by atoms with Crippen molar-refractivity contribution in [3.8, 4) is 11.1 Å². The van der Waals surface area contributed by atoms with Crippen molar-refractivity contribution in [2.75, 3.05) is 6.61 Å². The van der Waals surface area contributed by atoms with Gasteiger partial charge in [0.15, 0.2) is 6.04 Å². The third-order valence-electron chi connectivity index (χ3n) is 6.36. The zero-order chi connectivity index (χ0) is 22.9. The number of carbonyl (C=O) groups is 3. The molecule has 8 heteroatoms. The molecule has 0 radical (unpaired) electrons. The van der Waals surface area contributed by atoms with Gasteiger partial charge in [0.1, 0.15) is 12.1 Å². The van der Waals surface area contributed by atoms with E-state index in [0.717, 1.165) is 22.3 Å². The number of alkyl carbamates (subject to hydrolysis) is 1. The van der Waals surface area contributed by atoms with Crippen molar-refractivity contribution in [1.82, 2.24) is 10.6 Å². The van der Waals surface area contributed by atoms with E-state index in [0.29, 0.717) is 19.3 Å². The Hall–Kier alpha value is -3.39. The van der Waals surface area contributed by atoms with E-state index in [1.807, 2.05) is 48.5 Å². The number of carbonyl (C=O) groups excluding carboxylic acids is 2. The Labute approximate surface area is 185 Å². The van der Waals surface area contributed by atoms with Gasteiger partial charge in [-0.05, 0) is 48.4 Å². The summed E-state index contributed by atoms with van der Waals surface area (Å²) in [5.74, 6) is -2.08. The minimum Gasteiger partial charge on any atom is -0.480 e. The SMILES string of the molecule is C[C@@H](O)[C@H](NC(=O)C1(NC(=O)OCC2c3ccccc3-c3ccccc32)CCC1)C(=O)O. The molecular formula is C24H26N2O6. The normalized spacial score (nSPS) is 17.8. The van der Waals surface area contributed by atoms with Gasteiger partial charge in [0.25, 0.3) is 0 Å². The Morgan fingerprint density at radius 1 is 1.06 bits per heavy atom. The number of benzene rings is 2. The van der Waals surface area contributed by atoms with Crippen molar-refractivity contribution in [2.45, 2.75) is 49.8 Å². The number of carboxylic acids is 1. The van der Waals surface area contributed by atoms with Gasteiger partial charge >= 0.3 is 12.1 Å². The molecule has 0 aromatic heterocycles. The Kier molecular flexibility index (Phi) is 5.88. The second-order valence-electron chi connectivity index (χ2n) is 8.42. The lowest BCUT2D eigenvalue weighted by Gasteiger charge is -2.41. The standard InChI is InChI=1S/C24H26N2O6/c1-14(27)20(21(28)29)25-22(30)24(11-6-12-24)26-23(31)32-13-19-17-9-4-2-7-15(17)16-8-3-5-10-18(16)19/h2-5,7-10,14,19-20,27H,6,11-13H2,1H3,(H,25,30)(H,26,31)(H,28,29)/t14-,20+/m1/s1. The molecule has 2 aliphatic carbocycles. The van der Waals surface area contributed by atoms with Crippen molar-refractivity contribution in [1.29, 1.82) is 0 Å². The van der Waals surface area contributed by atoms with Crippen molar-refractivity contribution in [3.05, 3.63) is 59.7 Å². The topological polar surface area (TPSA) is 125 Å². The van der Waals surface area contributed by atoms with E-state index >= 15 is 0 Å². The van der Waals surface area contributed by atoms with E-state index in [4.69, 9.17) is 4.74 Å². The summed E-state index contributed by atoms with van der Waals surface area (Å²) in [6, 6.07) is 14.5. The fourth-order valence-corrected chi connectivity index (χ4v) is 4.44. The fraction of sp³-hybridized carbons (Fsp3) is 0.375. The van der Waals surface area contributed by atoms with Gasteiger partial charge in [0.05, 0.1) is 6.10 Å². The van der Waals surface area contributed by atoms with Crippen LogP contribution in [0.25, 0.3) is 11.1 Å². The van der Waals surface area contributed by atoms with Crippen LogP contribution in [-0.2, 0) is 14.3 Å². The summed E-state index contributed by atoms with van der Waals surface area (Å²) >= 11 is 0. The summed E-state index contributed by atoms with van der Waals surface area (Å²) in [6.07, 6.45) is -0.554. The molecule has 2 aromatic rings. The van der Waals surface area contributed by atoms with Gasteiger partial charge in [-0.15, -0.1) is 0 Å². The molecule has 1 fully saturated rings. The lowest BCUT2D eigenvalue weighted by molar-refractivity contribution is -0.146. The summed E-state index contributed by atoms with van der Waals surface area (Å²) in [7, 11) is 0. The molecule has 0 heterocycles. The first-order valence-electron chi connectivity index (χ1n) is 10.7. The first kappa shape index (κ1) is 21.8. The number of aliphatic carboxylic acids is 1. The number of rotatable bonds is 7. The number of aliphatic hydroxyl groups excluding tert-OH is 1. The van der Waals surface area contributed by atoms with Crippen LogP contribution in [0.1, 0.15) is 43.2 Å². The quantitative estimate of drug-likeness (QED) is 0.526. The lowest BCUT2D eigenvalue weighted by Crippen LogP contribution is -2.65. The monoisotopic (exact) mass is 438 g/mol. The van der Waals surface area contributed by atoms with Gasteiger partial charge in [0.2, 0.25) is 5.91 Å². The van der Waals surface area contributed by atoms with E-state index in [-0.39, 0.29) is 12.5 Å². The maximum Gasteiger partial charge on any atom is 0.408 e. The molecule has 2 aromatic carbocycles. The van der Waals surface area contributed by atoms with Crippen LogP contribution in [0, 0.1) is 0 Å². The van der Waals surface area contributed by atoms with Gasteiger partial charge in [-0.2, -0.15) is 0 Å². The molecule has 0 bridgehead atoms. The van der Waals surface area contributed by atoms with E-state index in [2.05, 4.69) is 10.6 Å². The van der Waals surface area contributed by atoms with E-state index in [9.17, 15) is 24.6 Å². The smallest absolute Gasteiger partial charge is 0.408 e. The van der Waals surface area contributed by atoms with Crippen LogP contribution in [0.5, 0.6) is 0 Å². The summed E-state index contributed by atoms with van der Waals surface area (Å²) < 4.78 is 5.53. The molecule has 4 rings (SSSR count). The van der Waals surface area contributed by atoms with Crippen molar-refractivity contribution in [2.24, 2.45) is 0 Å². The highest BCUT2D eigenvalue weighted by molar-refractivity contribution is 5.93. The summed E-state index contributed by atoms with van der Waals surface area (Å²) in [4.78, 5) is 36.6. The first-order chi connectivity index (χ1) is 15.3. The molecule has 2 amide bonds. The molecule has 32 heavy (non-hydrogen) atoms. The average Bonchev–Trinajstić information content (AvgIpc) is 3.06. The number of nitrogens with one attached hydrogen (secondary N) is 2. The van der Waals surface area contributed by atoms with Crippen LogP contribution in [0.3, 0.4) is 0 Å². The van der Waals surface area contributed by atoms with Crippen LogP contribution >= 0.6 is 0 Å². The minimum absolute atomic E-state index is 0.106. The van der Waals surface area contributed by atoms with Crippen LogP contribution < -0.4 is 10.6 Å². The first-order valence-corrected chi connectivity index (χ1v) is 10.7. The second-order valence-corrected chi connectivity index (χ2v) is 8.42. The third-order valence-corrected chi connectivity index (χ3v) is 6.36. The molecule has 4 N–H and O–H groups in total. The average molecular weight is 438 g/mol. The van der Waals surface area contributed by atoms with Crippen LogP contribution in [-0.4, -0.2) is 52.5 Å². The number of aliphatic hydroxyl groups is 1.